The van der Waals surface area contributed by atoms with E-state index in [0.717, 1.165) is 12.1 Å². The fourth-order valence-electron chi connectivity index (χ4n) is 3.16. The third kappa shape index (κ3) is 5.61. The minimum absolute atomic E-state index is 0.0126. The van der Waals surface area contributed by atoms with Crippen LogP contribution in [0.2, 0.25) is 0 Å². The molecule has 1 aliphatic heterocycles. The summed E-state index contributed by atoms with van der Waals surface area (Å²) in [6.45, 7) is 5.09. The van der Waals surface area contributed by atoms with Gasteiger partial charge in [-0.1, -0.05) is 5.16 Å². The zero-order valence-electron chi connectivity index (χ0n) is 17.5. The summed E-state index contributed by atoms with van der Waals surface area (Å²) < 4.78 is 67.3. The van der Waals surface area contributed by atoms with Crippen LogP contribution in [-0.2, 0) is 25.2 Å². The smallest absolute Gasteiger partial charge is 0.460 e. The van der Waals surface area contributed by atoms with Crippen molar-refractivity contribution in [1.82, 2.24) is 10.1 Å². The molecule has 0 aliphatic carbocycles. The van der Waals surface area contributed by atoms with Gasteiger partial charge in [-0.15, -0.1) is 0 Å². The van der Waals surface area contributed by atoms with Crippen molar-refractivity contribution < 1.29 is 41.1 Å². The fraction of sp³-hybridized carbons (Fsp3) is 0.500. The largest absolute Gasteiger partial charge is 0.471 e. The van der Waals surface area contributed by atoms with Crippen LogP contribution in [0, 0.1) is 5.82 Å². The summed E-state index contributed by atoms with van der Waals surface area (Å²) in [6, 6.07) is 2.94. The first-order valence-electron chi connectivity index (χ1n) is 9.67. The van der Waals surface area contributed by atoms with E-state index in [1.165, 1.54) is 11.0 Å². The number of hydrogen-bond acceptors (Lipinski definition) is 7. The quantitative estimate of drug-likeness (QED) is 0.497. The number of aromatic nitrogens is 2. The molecule has 1 amide bonds. The number of morpholine rings is 1. The number of anilines is 1. The topological polar surface area (TPSA) is 94.8 Å². The Morgan fingerprint density at radius 1 is 1.28 bits per heavy atom. The van der Waals surface area contributed by atoms with Gasteiger partial charge in [0.1, 0.15) is 18.0 Å². The molecular weight excluding hydrogens is 438 g/mol. The number of carbonyl (C=O) groups excluding carboxylic acids is 2. The van der Waals surface area contributed by atoms with Crippen LogP contribution in [0.3, 0.4) is 0 Å². The molecule has 1 aromatic heterocycles. The minimum Gasteiger partial charge on any atom is -0.460 e. The maximum atomic E-state index is 14.7. The van der Waals surface area contributed by atoms with Gasteiger partial charge in [0.25, 0.3) is 5.91 Å². The number of rotatable bonds is 5. The molecule has 8 nitrogen and oxygen atoms in total. The van der Waals surface area contributed by atoms with E-state index >= 15 is 0 Å². The van der Waals surface area contributed by atoms with Crippen molar-refractivity contribution in [3.05, 3.63) is 29.9 Å². The van der Waals surface area contributed by atoms with Crippen LogP contribution in [0.5, 0.6) is 0 Å². The van der Waals surface area contributed by atoms with Gasteiger partial charge in [-0.05, 0) is 45.4 Å². The van der Waals surface area contributed by atoms with Crippen molar-refractivity contribution in [2.75, 3.05) is 18.1 Å². The van der Waals surface area contributed by atoms with Gasteiger partial charge in [0.05, 0.1) is 18.2 Å². The summed E-state index contributed by atoms with van der Waals surface area (Å²) in [5.41, 5.74) is -0.817. The Kier molecular flexibility index (Phi) is 6.54. The van der Waals surface area contributed by atoms with E-state index < -0.39 is 47.2 Å². The van der Waals surface area contributed by atoms with Gasteiger partial charge in [0.2, 0.25) is 5.82 Å². The van der Waals surface area contributed by atoms with Gasteiger partial charge in [0, 0.05) is 12.1 Å². The summed E-state index contributed by atoms with van der Waals surface area (Å²) in [6.07, 6.45) is -4.63. The Morgan fingerprint density at radius 2 is 2.00 bits per heavy atom. The van der Waals surface area contributed by atoms with Crippen LogP contribution in [-0.4, -0.2) is 46.9 Å². The first kappa shape index (κ1) is 23.6. The molecule has 3 rings (SSSR count). The van der Waals surface area contributed by atoms with E-state index in [1.807, 2.05) is 0 Å². The van der Waals surface area contributed by atoms with Crippen molar-refractivity contribution in [2.45, 2.75) is 51.4 Å². The van der Waals surface area contributed by atoms with Gasteiger partial charge in [0.15, 0.2) is 0 Å². The summed E-state index contributed by atoms with van der Waals surface area (Å²) in [5.74, 6) is -4.01. The number of amides is 1. The van der Waals surface area contributed by atoms with E-state index in [1.54, 1.807) is 20.8 Å². The molecule has 1 aliphatic rings. The van der Waals surface area contributed by atoms with Gasteiger partial charge in [-0.2, -0.15) is 18.2 Å². The molecule has 2 aromatic rings. The highest BCUT2D eigenvalue weighted by atomic mass is 19.4. The van der Waals surface area contributed by atoms with Crippen LogP contribution < -0.4 is 4.90 Å². The summed E-state index contributed by atoms with van der Waals surface area (Å²) in [4.78, 5) is 29.0. The molecule has 1 atom stereocenters. The number of ether oxygens (including phenoxy) is 2. The van der Waals surface area contributed by atoms with Crippen molar-refractivity contribution in [3.8, 4) is 11.4 Å². The number of halogens is 4. The van der Waals surface area contributed by atoms with Crippen LogP contribution >= 0.6 is 0 Å². The van der Waals surface area contributed by atoms with Crippen LogP contribution in [0.25, 0.3) is 11.4 Å². The predicted octanol–water partition coefficient (Wildman–Crippen LogP) is 3.75. The summed E-state index contributed by atoms with van der Waals surface area (Å²) >= 11 is 0. The lowest BCUT2D eigenvalue weighted by Gasteiger charge is -2.35. The van der Waals surface area contributed by atoms with E-state index in [-0.39, 0.29) is 37.3 Å². The number of hydrogen-bond donors (Lipinski definition) is 0. The Bertz CT molecular complexity index is 1000. The standard InChI is InChI=1S/C20H21F4N3O5/c1-19(2,3)31-16(29)7-5-12-9-30-10-15(28)27(12)11-4-6-13(14(21)8-11)17-25-18(32-26-17)20(22,23)24/h4,6,8,12H,5,7,9-10H2,1-3H3/t12-/m1/s1. The molecule has 12 heteroatoms. The van der Waals surface area contributed by atoms with E-state index in [0.29, 0.717) is 0 Å². The molecule has 1 saturated heterocycles. The van der Waals surface area contributed by atoms with Crippen molar-refractivity contribution >= 4 is 17.6 Å². The highest BCUT2D eigenvalue weighted by molar-refractivity contribution is 5.95. The van der Waals surface area contributed by atoms with Crippen LogP contribution in [0.4, 0.5) is 23.2 Å². The highest BCUT2D eigenvalue weighted by Gasteiger charge is 2.39. The van der Waals surface area contributed by atoms with Gasteiger partial charge >= 0.3 is 18.0 Å². The van der Waals surface area contributed by atoms with E-state index in [4.69, 9.17) is 9.47 Å². The van der Waals surface area contributed by atoms with E-state index in [2.05, 4.69) is 14.7 Å². The van der Waals surface area contributed by atoms with Crippen molar-refractivity contribution in [2.24, 2.45) is 0 Å². The lowest BCUT2D eigenvalue weighted by Crippen LogP contribution is -2.50. The van der Waals surface area contributed by atoms with Crippen molar-refractivity contribution in [1.29, 1.82) is 0 Å². The maximum absolute atomic E-state index is 14.7. The first-order valence-corrected chi connectivity index (χ1v) is 9.67. The normalized spacial score (nSPS) is 17.5. The Balaban J connectivity index is 1.79. The van der Waals surface area contributed by atoms with E-state index in [9.17, 15) is 27.2 Å². The first-order chi connectivity index (χ1) is 14.8. The minimum atomic E-state index is -4.86. The van der Waals surface area contributed by atoms with Crippen LogP contribution in [0.1, 0.15) is 39.5 Å². The average Bonchev–Trinajstić information content (AvgIpc) is 3.15. The lowest BCUT2D eigenvalue weighted by atomic mass is 10.1. The molecule has 0 spiro atoms. The Morgan fingerprint density at radius 3 is 2.59 bits per heavy atom. The predicted molar refractivity (Wildman–Crippen MR) is 102 cm³/mol. The van der Waals surface area contributed by atoms with Crippen molar-refractivity contribution in [3.63, 3.8) is 0 Å². The second-order valence-electron chi connectivity index (χ2n) is 8.14. The molecule has 2 heterocycles. The molecule has 174 valence electrons. The monoisotopic (exact) mass is 459 g/mol. The lowest BCUT2D eigenvalue weighted by molar-refractivity contribution is -0.159. The molecule has 0 radical (unpaired) electrons. The number of benzene rings is 1. The molecular formula is C20H21F4N3O5. The number of alkyl halides is 3. The molecule has 1 fully saturated rings. The SMILES string of the molecule is CC(C)(C)OC(=O)CC[C@@H]1COCC(=O)N1c1ccc(-c2noc(C(F)(F)F)n2)c(F)c1. The molecule has 0 N–H and O–H groups in total. The number of nitrogens with zero attached hydrogens (tertiary/aromatic N) is 3. The van der Waals surface area contributed by atoms with Gasteiger partial charge < -0.3 is 18.9 Å². The number of carbonyl (C=O) groups is 2. The molecule has 0 saturated carbocycles. The molecule has 1 aromatic carbocycles. The summed E-state index contributed by atoms with van der Waals surface area (Å²) in [7, 11) is 0. The highest BCUT2D eigenvalue weighted by Crippen LogP contribution is 2.32. The fourth-order valence-corrected chi connectivity index (χ4v) is 3.16. The Hall–Kier alpha value is -3.02. The third-order valence-corrected chi connectivity index (χ3v) is 4.41. The zero-order valence-corrected chi connectivity index (χ0v) is 17.5. The third-order valence-electron chi connectivity index (χ3n) is 4.41. The number of esters is 1. The molecule has 0 bridgehead atoms. The van der Waals surface area contributed by atoms with Gasteiger partial charge in [-0.25, -0.2) is 4.39 Å². The molecule has 32 heavy (non-hydrogen) atoms. The zero-order chi connectivity index (χ0) is 23.7. The maximum Gasteiger partial charge on any atom is 0.471 e. The second-order valence-corrected chi connectivity index (χ2v) is 8.14. The van der Waals surface area contributed by atoms with Crippen LogP contribution in [0.15, 0.2) is 22.7 Å². The molecule has 0 unspecified atom stereocenters. The van der Waals surface area contributed by atoms with Gasteiger partial charge in [-0.3, -0.25) is 9.59 Å². The Labute approximate surface area is 180 Å². The average molecular weight is 459 g/mol. The summed E-state index contributed by atoms with van der Waals surface area (Å²) in [5, 5.41) is 3.17. The second kappa shape index (κ2) is 8.85.